The topological polar surface area (TPSA) is 98.7 Å². The van der Waals surface area contributed by atoms with Gasteiger partial charge in [0.05, 0.1) is 12.2 Å². The smallest absolute Gasteiger partial charge is 0.269 e. The van der Waals surface area contributed by atoms with Crippen LogP contribution < -0.4 is 11.1 Å². The van der Waals surface area contributed by atoms with Gasteiger partial charge in [0.1, 0.15) is 11.4 Å². The molecule has 1 amide bonds. The van der Waals surface area contributed by atoms with Crippen LogP contribution in [-0.2, 0) is 6.54 Å². The van der Waals surface area contributed by atoms with E-state index in [1.165, 1.54) is 0 Å². The molecule has 3 N–H and O–H groups in total. The van der Waals surface area contributed by atoms with Crippen molar-refractivity contribution in [3.8, 4) is 33.9 Å². The number of nitrogen functional groups attached to an aromatic ring is 1. The summed E-state index contributed by atoms with van der Waals surface area (Å²) in [6.07, 6.45) is 1.71. The molecule has 0 saturated heterocycles. The van der Waals surface area contributed by atoms with E-state index >= 15 is 0 Å². The molecule has 142 valence electrons. The van der Waals surface area contributed by atoms with E-state index in [1.54, 1.807) is 23.0 Å². The summed E-state index contributed by atoms with van der Waals surface area (Å²) in [5.41, 5.74) is 11.5. The lowest BCUT2D eigenvalue weighted by atomic mass is 10.0. The Morgan fingerprint density at radius 2 is 1.59 bits per heavy atom. The fourth-order valence-electron chi connectivity index (χ4n) is 3.39. The standard InChI is InChI=1S/C22H18N6O/c23-17-7-5-15(6-8-17)14-1-3-16(4-2-14)21-24-10-9-18(26-21)19-13-20-22(29)25-11-12-28(20)27-19/h1-10,13H,11-12,23H2,(H,25,29). The van der Waals surface area contributed by atoms with Crippen LogP contribution in [0.5, 0.6) is 0 Å². The molecule has 29 heavy (non-hydrogen) atoms. The minimum atomic E-state index is -0.109. The molecule has 0 bridgehead atoms. The molecule has 5 rings (SSSR count). The van der Waals surface area contributed by atoms with E-state index in [1.807, 2.05) is 48.5 Å². The number of hydrogen-bond acceptors (Lipinski definition) is 5. The molecular formula is C22H18N6O. The third-order valence-corrected chi connectivity index (χ3v) is 4.93. The highest BCUT2D eigenvalue weighted by Crippen LogP contribution is 2.25. The molecule has 0 unspecified atom stereocenters. The second-order valence-electron chi connectivity index (χ2n) is 6.86. The summed E-state index contributed by atoms with van der Waals surface area (Å²) >= 11 is 0. The minimum absolute atomic E-state index is 0.109. The van der Waals surface area contributed by atoms with Crippen LogP contribution in [0.3, 0.4) is 0 Å². The van der Waals surface area contributed by atoms with E-state index < -0.39 is 0 Å². The van der Waals surface area contributed by atoms with Crippen molar-refractivity contribution in [1.82, 2.24) is 25.1 Å². The lowest BCUT2D eigenvalue weighted by molar-refractivity contribution is 0.0924. The van der Waals surface area contributed by atoms with Gasteiger partial charge in [-0.15, -0.1) is 0 Å². The number of anilines is 1. The van der Waals surface area contributed by atoms with Crippen molar-refractivity contribution in [2.45, 2.75) is 6.54 Å². The quantitative estimate of drug-likeness (QED) is 0.531. The second-order valence-corrected chi connectivity index (χ2v) is 6.86. The molecule has 7 nitrogen and oxygen atoms in total. The minimum Gasteiger partial charge on any atom is -0.399 e. The third-order valence-electron chi connectivity index (χ3n) is 4.93. The van der Waals surface area contributed by atoms with E-state index in [4.69, 9.17) is 5.73 Å². The molecule has 1 aliphatic heterocycles. The van der Waals surface area contributed by atoms with E-state index in [0.717, 1.165) is 22.4 Å². The summed E-state index contributed by atoms with van der Waals surface area (Å²) in [5.74, 6) is 0.504. The van der Waals surface area contributed by atoms with Crippen molar-refractivity contribution in [3.63, 3.8) is 0 Å². The Balaban J connectivity index is 1.45. The number of carbonyl (C=O) groups excluding carboxylic acids is 1. The van der Waals surface area contributed by atoms with Gasteiger partial charge in [0.25, 0.3) is 5.91 Å². The van der Waals surface area contributed by atoms with Gasteiger partial charge in [0, 0.05) is 24.0 Å². The zero-order valence-electron chi connectivity index (χ0n) is 15.5. The molecule has 0 saturated carbocycles. The number of hydrogen-bond donors (Lipinski definition) is 2. The lowest BCUT2D eigenvalue weighted by Crippen LogP contribution is -2.35. The lowest BCUT2D eigenvalue weighted by Gasteiger charge is -2.13. The average Bonchev–Trinajstić information content (AvgIpc) is 3.21. The molecule has 3 heterocycles. The highest BCUT2D eigenvalue weighted by Gasteiger charge is 2.20. The maximum absolute atomic E-state index is 12.0. The Labute approximate surface area is 167 Å². The van der Waals surface area contributed by atoms with Gasteiger partial charge in [-0.05, 0) is 35.4 Å². The SMILES string of the molecule is Nc1ccc(-c2ccc(-c3nccc(-c4cc5n(n4)CCNC5=O)n3)cc2)cc1. The Morgan fingerprint density at radius 3 is 2.31 bits per heavy atom. The van der Waals surface area contributed by atoms with Gasteiger partial charge in [-0.3, -0.25) is 9.48 Å². The molecule has 1 aliphatic rings. The number of nitrogens with one attached hydrogen (secondary N) is 1. The normalized spacial score (nSPS) is 13.0. The summed E-state index contributed by atoms with van der Waals surface area (Å²) in [6, 6.07) is 19.4. The first kappa shape index (κ1) is 17.1. The van der Waals surface area contributed by atoms with Crippen molar-refractivity contribution in [2.24, 2.45) is 0 Å². The van der Waals surface area contributed by atoms with Gasteiger partial charge in [-0.2, -0.15) is 5.10 Å². The molecular weight excluding hydrogens is 364 g/mol. The number of benzene rings is 2. The van der Waals surface area contributed by atoms with Crippen LogP contribution in [0.25, 0.3) is 33.9 Å². The van der Waals surface area contributed by atoms with Crippen LogP contribution in [0.2, 0.25) is 0 Å². The number of carbonyl (C=O) groups is 1. The highest BCUT2D eigenvalue weighted by atomic mass is 16.2. The van der Waals surface area contributed by atoms with Crippen molar-refractivity contribution in [2.75, 3.05) is 12.3 Å². The molecule has 0 atom stereocenters. The number of aromatic nitrogens is 4. The molecule has 4 aromatic rings. The number of rotatable bonds is 3. The number of fused-ring (bicyclic) bond motifs is 1. The molecule has 2 aromatic carbocycles. The molecule has 2 aromatic heterocycles. The van der Waals surface area contributed by atoms with Crippen LogP contribution in [0.15, 0.2) is 66.9 Å². The molecule has 0 fully saturated rings. The van der Waals surface area contributed by atoms with Crippen LogP contribution in [0.1, 0.15) is 10.5 Å². The number of amides is 1. The van der Waals surface area contributed by atoms with Crippen molar-refractivity contribution < 1.29 is 4.79 Å². The molecule has 0 spiro atoms. The van der Waals surface area contributed by atoms with E-state index in [-0.39, 0.29) is 5.91 Å². The van der Waals surface area contributed by atoms with Gasteiger partial charge < -0.3 is 11.1 Å². The Kier molecular flexibility index (Phi) is 4.05. The predicted octanol–water partition coefficient (Wildman–Crippen LogP) is 3.00. The summed E-state index contributed by atoms with van der Waals surface area (Å²) in [5, 5.41) is 7.34. The van der Waals surface area contributed by atoms with Gasteiger partial charge in [-0.1, -0.05) is 36.4 Å². The highest BCUT2D eigenvalue weighted by molar-refractivity contribution is 5.94. The zero-order valence-corrected chi connectivity index (χ0v) is 15.5. The van der Waals surface area contributed by atoms with Gasteiger partial charge in [-0.25, -0.2) is 9.97 Å². The van der Waals surface area contributed by atoms with Crippen molar-refractivity contribution in [3.05, 3.63) is 72.6 Å². The second kappa shape index (κ2) is 6.87. The van der Waals surface area contributed by atoms with Crippen molar-refractivity contribution >= 4 is 11.6 Å². The van der Waals surface area contributed by atoms with Crippen molar-refractivity contribution in [1.29, 1.82) is 0 Å². The van der Waals surface area contributed by atoms with Crippen LogP contribution in [0.4, 0.5) is 5.69 Å². The fourth-order valence-corrected chi connectivity index (χ4v) is 3.39. The van der Waals surface area contributed by atoms with E-state index in [2.05, 4.69) is 20.4 Å². The van der Waals surface area contributed by atoms with Crippen LogP contribution >= 0.6 is 0 Å². The molecule has 0 radical (unpaired) electrons. The van der Waals surface area contributed by atoms with E-state index in [0.29, 0.717) is 36.0 Å². The Morgan fingerprint density at radius 1 is 0.897 bits per heavy atom. The van der Waals surface area contributed by atoms with Gasteiger partial charge in [0.15, 0.2) is 5.82 Å². The molecule has 0 aliphatic carbocycles. The maximum Gasteiger partial charge on any atom is 0.269 e. The summed E-state index contributed by atoms with van der Waals surface area (Å²) in [4.78, 5) is 21.0. The first-order valence-corrected chi connectivity index (χ1v) is 9.33. The zero-order chi connectivity index (χ0) is 19.8. The largest absolute Gasteiger partial charge is 0.399 e. The molecule has 7 heteroatoms. The van der Waals surface area contributed by atoms with Gasteiger partial charge >= 0.3 is 0 Å². The van der Waals surface area contributed by atoms with Crippen LogP contribution in [0, 0.1) is 0 Å². The van der Waals surface area contributed by atoms with E-state index in [9.17, 15) is 4.79 Å². The number of nitrogens with two attached hydrogens (primary N) is 1. The predicted molar refractivity (Wildman–Crippen MR) is 111 cm³/mol. The first-order chi connectivity index (χ1) is 14.2. The third kappa shape index (κ3) is 3.23. The Bertz CT molecular complexity index is 1190. The summed E-state index contributed by atoms with van der Waals surface area (Å²) in [7, 11) is 0. The van der Waals surface area contributed by atoms with Gasteiger partial charge in [0.2, 0.25) is 0 Å². The summed E-state index contributed by atoms with van der Waals surface area (Å²) in [6.45, 7) is 1.24. The monoisotopic (exact) mass is 382 g/mol. The van der Waals surface area contributed by atoms with Crippen LogP contribution in [-0.4, -0.2) is 32.2 Å². The Hall–Kier alpha value is -4.00. The number of nitrogens with zero attached hydrogens (tertiary/aromatic N) is 4. The first-order valence-electron chi connectivity index (χ1n) is 9.33. The fraction of sp³-hybridized carbons (Fsp3) is 0.0909. The maximum atomic E-state index is 12.0. The average molecular weight is 382 g/mol. The summed E-state index contributed by atoms with van der Waals surface area (Å²) < 4.78 is 1.72.